The Labute approximate surface area is 115 Å². The highest BCUT2D eigenvalue weighted by atomic mass is 16.5. The molecule has 3 aromatic heterocycles. The third kappa shape index (κ3) is 2.59. The molecule has 3 aromatic rings. The largest absolute Gasteiger partial charge is 0.378 e. The zero-order valence-electron chi connectivity index (χ0n) is 11.1. The van der Waals surface area contributed by atoms with Gasteiger partial charge in [0.1, 0.15) is 12.1 Å². The highest BCUT2D eigenvalue weighted by Crippen LogP contribution is 2.11. The van der Waals surface area contributed by atoms with Crippen molar-refractivity contribution in [3.8, 4) is 0 Å². The van der Waals surface area contributed by atoms with E-state index in [1.54, 1.807) is 17.8 Å². The molecule has 0 unspecified atom stereocenters. The van der Waals surface area contributed by atoms with Crippen LogP contribution in [0.5, 0.6) is 0 Å². The molecule has 104 valence electrons. The standard InChI is InChI=1S/C12H15N7O/c1-20-8-10-7-11(19-12(17-10)14-9-16-19)13-4-6-18-5-2-3-15-18/h2-3,5,7,9,13H,4,6,8H2,1H3. The van der Waals surface area contributed by atoms with Crippen molar-refractivity contribution in [2.45, 2.75) is 13.2 Å². The normalized spacial score (nSPS) is 11.1. The van der Waals surface area contributed by atoms with Gasteiger partial charge in [-0.1, -0.05) is 0 Å². The van der Waals surface area contributed by atoms with Crippen LogP contribution in [0.4, 0.5) is 5.82 Å². The first-order valence-electron chi connectivity index (χ1n) is 6.27. The van der Waals surface area contributed by atoms with Gasteiger partial charge in [-0.25, -0.2) is 4.98 Å². The zero-order valence-corrected chi connectivity index (χ0v) is 11.1. The third-order valence-corrected chi connectivity index (χ3v) is 2.80. The molecule has 0 atom stereocenters. The molecule has 3 rings (SSSR count). The van der Waals surface area contributed by atoms with Gasteiger partial charge in [0.2, 0.25) is 0 Å². The van der Waals surface area contributed by atoms with Gasteiger partial charge in [0.05, 0.1) is 18.8 Å². The molecule has 1 N–H and O–H groups in total. The number of ether oxygens (including phenoxy) is 1. The maximum atomic E-state index is 5.11. The van der Waals surface area contributed by atoms with Gasteiger partial charge >= 0.3 is 0 Å². The summed E-state index contributed by atoms with van der Waals surface area (Å²) in [7, 11) is 1.64. The molecular weight excluding hydrogens is 258 g/mol. The van der Waals surface area contributed by atoms with Crippen LogP contribution in [0, 0.1) is 0 Å². The molecule has 0 aliphatic rings. The van der Waals surface area contributed by atoms with Crippen molar-refractivity contribution in [3.05, 3.63) is 36.5 Å². The lowest BCUT2D eigenvalue weighted by molar-refractivity contribution is 0.181. The predicted molar refractivity (Wildman–Crippen MR) is 72.2 cm³/mol. The summed E-state index contributed by atoms with van der Waals surface area (Å²) >= 11 is 0. The Kier molecular flexibility index (Phi) is 3.55. The first-order chi connectivity index (χ1) is 9.86. The van der Waals surface area contributed by atoms with Crippen molar-refractivity contribution in [3.63, 3.8) is 0 Å². The van der Waals surface area contributed by atoms with Gasteiger partial charge in [-0.3, -0.25) is 4.68 Å². The zero-order chi connectivity index (χ0) is 13.8. The second-order valence-electron chi connectivity index (χ2n) is 4.23. The van der Waals surface area contributed by atoms with Gasteiger partial charge in [-0.05, 0) is 6.07 Å². The van der Waals surface area contributed by atoms with Gasteiger partial charge in [-0.2, -0.15) is 19.7 Å². The topological polar surface area (TPSA) is 82.2 Å². The van der Waals surface area contributed by atoms with E-state index in [-0.39, 0.29) is 0 Å². The Balaban J connectivity index is 1.76. The average Bonchev–Trinajstić information content (AvgIpc) is 3.09. The fraction of sp³-hybridized carbons (Fsp3) is 0.333. The number of hydrogen-bond acceptors (Lipinski definition) is 6. The summed E-state index contributed by atoms with van der Waals surface area (Å²) in [4.78, 5) is 8.46. The minimum Gasteiger partial charge on any atom is -0.378 e. The van der Waals surface area contributed by atoms with Crippen LogP contribution in [0.1, 0.15) is 5.69 Å². The van der Waals surface area contributed by atoms with E-state index in [4.69, 9.17) is 4.74 Å². The molecular formula is C12H15N7O. The Hall–Kier alpha value is -2.48. The summed E-state index contributed by atoms with van der Waals surface area (Å²) in [5.74, 6) is 1.40. The number of aromatic nitrogens is 6. The smallest absolute Gasteiger partial charge is 0.254 e. The lowest BCUT2D eigenvalue weighted by Crippen LogP contribution is -2.14. The Morgan fingerprint density at radius 2 is 2.30 bits per heavy atom. The molecule has 0 amide bonds. The van der Waals surface area contributed by atoms with E-state index in [1.165, 1.54) is 6.33 Å². The molecule has 8 nitrogen and oxygen atoms in total. The second kappa shape index (κ2) is 5.66. The molecule has 0 spiro atoms. The molecule has 0 saturated carbocycles. The van der Waals surface area contributed by atoms with Crippen molar-refractivity contribution in [2.75, 3.05) is 19.0 Å². The number of methoxy groups -OCH3 is 1. The molecule has 0 aromatic carbocycles. The van der Waals surface area contributed by atoms with E-state index in [9.17, 15) is 0 Å². The molecule has 3 heterocycles. The molecule has 0 aliphatic carbocycles. The summed E-state index contributed by atoms with van der Waals surface area (Å²) in [6.07, 6.45) is 5.17. The predicted octanol–water partition coefficient (Wildman–Crippen LogP) is 0.579. The average molecular weight is 273 g/mol. The lowest BCUT2D eigenvalue weighted by Gasteiger charge is -2.09. The maximum Gasteiger partial charge on any atom is 0.254 e. The molecule has 0 saturated heterocycles. The Morgan fingerprint density at radius 3 is 3.10 bits per heavy atom. The molecule has 20 heavy (non-hydrogen) atoms. The van der Waals surface area contributed by atoms with Crippen molar-refractivity contribution >= 4 is 11.6 Å². The van der Waals surface area contributed by atoms with Crippen LogP contribution in [0.15, 0.2) is 30.9 Å². The molecule has 0 radical (unpaired) electrons. The van der Waals surface area contributed by atoms with Crippen LogP contribution in [-0.4, -0.2) is 43.0 Å². The SMILES string of the molecule is COCc1cc(NCCn2cccn2)n2ncnc2n1. The van der Waals surface area contributed by atoms with Crippen molar-refractivity contribution in [2.24, 2.45) is 0 Å². The summed E-state index contributed by atoms with van der Waals surface area (Å²) in [6, 6.07) is 3.81. The van der Waals surface area contributed by atoms with Gasteiger partial charge in [-0.15, -0.1) is 0 Å². The van der Waals surface area contributed by atoms with E-state index in [1.807, 2.05) is 23.0 Å². The molecule has 0 aliphatic heterocycles. The van der Waals surface area contributed by atoms with Crippen LogP contribution in [0.2, 0.25) is 0 Å². The highest BCUT2D eigenvalue weighted by Gasteiger charge is 2.07. The van der Waals surface area contributed by atoms with Crippen molar-refractivity contribution in [1.29, 1.82) is 0 Å². The fourth-order valence-electron chi connectivity index (χ4n) is 1.94. The number of nitrogens with one attached hydrogen (secondary N) is 1. The van der Waals surface area contributed by atoms with E-state index in [0.717, 1.165) is 24.6 Å². The number of rotatable bonds is 6. The number of anilines is 1. The van der Waals surface area contributed by atoms with Gasteiger partial charge in [0.15, 0.2) is 0 Å². The van der Waals surface area contributed by atoms with Crippen LogP contribution < -0.4 is 5.32 Å². The maximum absolute atomic E-state index is 5.11. The van der Waals surface area contributed by atoms with E-state index in [2.05, 4.69) is 25.5 Å². The third-order valence-electron chi connectivity index (χ3n) is 2.80. The minimum atomic E-state index is 0.442. The van der Waals surface area contributed by atoms with Gasteiger partial charge < -0.3 is 10.1 Å². The van der Waals surface area contributed by atoms with Gasteiger partial charge in [0.25, 0.3) is 5.78 Å². The molecule has 8 heteroatoms. The summed E-state index contributed by atoms with van der Waals surface area (Å²) < 4.78 is 8.64. The van der Waals surface area contributed by atoms with Gasteiger partial charge in [0, 0.05) is 32.1 Å². The Morgan fingerprint density at radius 1 is 1.35 bits per heavy atom. The lowest BCUT2D eigenvalue weighted by atomic mass is 10.4. The van der Waals surface area contributed by atoms with Crippen LogP contribution in [-0.2, 0) is 17.9 Å². The minimum absolute atomic E-state index is 0.442. The first-order valence-corrected chi connectivity index (χ1v) is 6.27. The summed E-state index contributed by atoms with van der Waals surface area (Å²) in [5.41, 5.74) is 0.814. The monoisotopic (exact) mass is 273 g/mol. The van der Waals surface area contributed by atoms with Crippen LogP contribution >= 0.6 is 0 Å². The van der Waals surface area contributed by atoms with E-state index >= 15 is 0 Å². The van der Waals surface area contributed by atoms with E-state index in [0.29, 0.717) is 12.4 Å². The highest BCUT2D eigenvalue weighted by molar-refractivity contribution is 5.44. The van der Waals surface area contributed by atoms with E-state index < -0.39 is 0 Å². The summed E-state index contributed by atoms with van der Waals surface area (Å²) in [5, 5.41) is 11.6. The number of fused-ring (bicyclic) bond motifs is 1. The fourth-order valence-corrected chi connectivity index (χ4v) is 1.94. The van der Waals surface area contributed by atoms with Crippen LogP contribution in [0.3, 0.4) is 0 Å². The van der Waals surface area contributed by atoms with Crippen LogP contribution in [0.25, 0.3) is 5.78 Å². The van der Waals surface area contributed by atoms with Crippen molar-refractivity contribution < 1.29 is 4.74 Å². The number of hydrogen-bond donors (Lipinski definition) is 1. The second-order valence-corrected chi connectivity index (χ2v) is 4.23. The van der Waals surface area contributed by atoms with Crippen molar-refractivity contribution in [1.82, 2.24) is 29.4 Å². The first kappa shape index (κ1) is 12.5. The number of nitrogens with zero attached hydrogens (tertiary/aromatic N) is 6. The summed E-state index contributed by atoms with van der Waals surface area (Å²) in [6.45, 7) is 1.94. The quantitative estimate of drug-likeness (QED) is 0.707. The Bertz CT molecular complexity index is 676. The molecule has 0 fully saturated rings. The molecule has 0 bridgehead atoms.